The summed E-state index contributed by atoms with van der Waals surface area (Å²) in [6.07, 6.45) is -2.86. The molecule has 0 fully saturated rings. The summed E-state index contributed by atoms with van der Waals surface area (Å²) in [6.45, 7) is 0. The number of anilines is 1. The highest BCUT2D eigenvalue weighted by atomic mass is 79.9. The van der Waals surface area contributed by atoms with Crippen molar-refractivity contribution in [2.24, 2.45) is 0 Å². The van der Waals surface area contributed by atoms with Crippen LogP contribution in [0, 0.1) is 0 Å². The SMILES string of the molecule is O=C(CCc1ncc(-c2ccc(Br)cc2)o1)Nc1ccccc1C(F)(F)F. The molecule has 3 aromatic rings. The maximum absolute atomic E-state index is 13.0. The molecule has 1 N–H and O–H groups in total. The molecule has 0 radical (unpaired) electrons. The Hall–Kier alpha value is -2.61. The number of oxazole rings is 1. The van der Waals surface area contributed by atoms with E-state index in [1.165, 1.54) is 18.2 Å². The van der Waals surface area contributed by atoms with Crippen molar-refractivity contribution in [3.05, 3.63) is 70.7 Å². The zero-order valence-electron chi connectivity index (χ0n) is 13.9. The van der Waals surface area contributed by atoms with E-state index < -0.39 is 17.6 Å². The third-order valence-electron chi connectivity index (χ3n) is 3.75. The molecule has 140 valence electrons. The Kier molecular flexibility index (Phi) is 5.65. The smallest absolute Gasteiger partial charge is 0.418 e. The molecule has 0 spiro atoms. The van der Waals surface area contributed by atoms with Gasteiger partial charge >= 0.3 is 6.18 Å². The highest BCUT2D eigenvalue weighted by molar-refractivity contribution is 9.10. The fourth-order valence-corrected chi connectivity index (χ4v) is 2.71. The average Bonchev–Trinajstić information content (AvgIpc) is 3.09. The van der Waals surface area contributed by atoms with Gasteiger partial charge in [0.05, 0.1) is 17.4 Å². The van der Waals surface area contributed by atoms with E-state index in [-0.39, 0.29) is 18.5 Å². The summed E-state index contributed by atoms with van der Waals surface area (Å²) < 4.78 is 45.4. The second-order valence-electron chi connectivity index (χ2n) is 5.72. The summed E-state index contributed by atoms with van der Waals surface area (Å²) in [4.78, 5) is 16.1. The van der Waals surface area contributed by atoms with Crippen LogP contribution in [0.25, 0.3) is 11.3 Å². The minimum Gasteiger partial charge on any atom is -0.441 e. The first-order valence-electron chi connectivity index (χ1n) is 7.99. The lowest BCUT2D eigenvalue weighted by Crippen LogP contribution is -2.16. The molecular formula is C19H14BrF3N2O2. The molecule has 0 aliphatic rings. The Morgan fingerprint density at radius 1 is 1.11 bits per heavy atom. The Balaban J connectivity index is 1.61. The van der Waals surface area contributed by atoms with Gasteiger partial charge in [-0.25, -0.2) is 4.98 Å². The predicted molar refractivity (Wildman–Crippen MR) is 98.0 cm³/mol. The second-order valence-corrected chi connectivity index (χ2v) is 6.63. The number of alkyl halides is 3. The number of rotatable bonds is 5. The van der Waals surface area contributed by atoms with Crippen LogP contribution in [0.3, 0.4) is 0 Å². The lowest BCUT2D eigenvalue weighted by molar-refractivity contribution is -0.137. The van der Waals surface area contributed by atoms with Crippen LogP contribution in [-0.2, 0) is 17.4 Å². The molecule has 0 aliphatic heterocycles. The number of nitrogens with one attached hydrogen (secondary N) is 1. The maximum atomic E-state index is 13.0. The number of nitrogens with zero attached hydrogens (tertiary/aromatic N) is 1. The lowest BCUT2D eigenvalue weighted by Gasteiger charge is -2.13. The van der Waals surface area contributed by atoms with Crippen molar-refractivity contribution in [2.45, 2.75) is 19.0 Å². The van der Waals surface area contributed by atoms with E-state index in [0.29, 0.717) is 11.7 Å². The van der Waals surface area contributed by atoms with Crippen molar-refractivity contribution in [3.63, 3.8) is 0 Å². The molecule has 27 heavy (non-hydrogen) atoms. The molecule has 8 heteroatoms. The Morgan fingerprint density at radius 3 is 2.52 bits per heavy atom. The molecule has 0 aliphatic carbocycles. The topological polar surface area (TPSA) is 55.1 Å². The van der Waals surface area contributed by atoms with Gasteiger partial charge in [0.1, 0.15) is 0 Å². The van der Waals surface area contributed by atoms with Crippen LogP contribution >= 0.6 is 15.9 Å². The van der Waals surface area contributed by atoms with Gasteiger partial charge in [0, 0.05) is 22.9 Å². The Labute approximate surface area is 161 Å². The molecule has 0 bridgehead atoms. The zero-order valence-corrected chi connectivity index (χ0v) is 15.5. The number of benzene rings is 2. The fraction of sp³-hybridized carbons (Fsp3) is 0.158. The van der Waals surface area contributed by atoms with Crippen LogP contribution in [0.15, 0.2) is 63.6 Å². The number of hydrogen-bond acceptors (Lipinski definition) is 3. The third kappa shape index (κ3) is 4.97. The fourth-order valence-electron chi connectivity index (χ4n) is 2.45. The molecule has 0 unspecified atom stereocenters. The monoisotopic (exact) mass is 438 g/mol. The molecule has 3 rings (SSSR count). The zero-order chi connectivity index (χ0) is 19.4. The van der Waals surface area contributed by atoms with E-state index in [2.05, 4.69) is 26.2 Å². The van der Waals surface area contributed by atoms with Gasteiger partial charge < -0.3 is 9.73 Å². The molecular weight excluding hydrogens is 425 g/mol. The third-order valence-corrected chi connectivity index (χ3v) is 4.28. The van der Waals surface area contributed by atoms with Gasteiger partial charge in [-0.15, -0.1) is 0 Å². The molecule has 1 heterocycles. The van der Waals surface area contributed by atoms with Gasteiger partial charge in [-0.3, -0.25) is 4.79 Å². The first kappa shape index (κ1) is 19.2. The standard InChI is InChI=1S/C19H14BrF3N2O2/c20-13-7-5-12(6-8-13)16-11-24-18(27-16)10-9-17(26)25-15-4-2-1-3-14(15)19(21,22)23/h1-8,11H,9-10H2,(H,25,26). The van der Waals surface area contributed by atoms with Crippen molar-refractivity contribution in [1.82, 2.24) is 4.98 Å². The van der Waals surface area contributed by atoms with Crippen molar-refractivity contribution in [1.29, 1.82) is 0 Å². The van der Waals surface area contributed by atoms with Crippen molar-refractivity contribution in [2.75, 3.05) is 5.32 Å². The number of aromatic nitrogens is 1. The molecule has 4 nitrogen and oxygen atoms in total. The van der Waals surface area contributed by atoms with Gasteiger partial charge in [0.2, 0.25) is 5.91 Å². The van der Waals surface area contributed by atoms with E-state index in [1.54, 1.807) is 6.20 Å². The summed E-state index contributed by atoms with van der Waals surface area (Å²) >= 11 is 3.35. The van der Waals surface area contributed by atoms with Crippen LogP contribution in [0.2, 0.25) is 0 Å². The molecule has 2 aromatic carbocycles. The van der Waals surface area contributed by atoms with E-state index >= 15 is 0 Å². The van der Waals surface area contributed by atoms with Gasteiger partial charge in [0.15, 0.2) is 11.7 Å². The molecule has 0 saturated carbocycles. The molecule has 0 saturated heterocycles. The highest BCUT2D eigenvalue weighted by Crippen LogP contribution is 2.34. The lowest BCUT2D eigenvalue weighted by atomic mass is 10.1. The van der Waals surface area contributed by atoms with Crippen molar-refractivity contribution in [3.8, 4) is 11.3 Å². The minimum absolute atomic E-state index is 0.0491. The first-order valence-corrected chi connectivity index (χ1v) is 8.79. The highest BCUT2D eigenvalue weighted by Gasteiger charge is 2.33. The minimum atomic E-state index is -4.54. The summed E-state index contributed by atoms with van der Waals surface area (Å²) in [5.41, 5.74) is -0.314. The average molecular weight is 439 g/mol. The summed E-state index contributed by atoms with van der Waals surface area (Å²) in [7, 11) is 0. The molecule has 1 amide bonds. The van der Waals surface area contributed by atoms with Crippen LogP contribution in [-0.4, -0.2) is 10.9 Å². The van der Waals surface area contributed by atoms with E-state index in [1.807, 2.05) is 24.3 Å². The molecule has 1 aromatic heterocycles. The quantitative estimate of drug-likeness (QED) is 0.556. The molecule has 0 atom stereocenters. The number of para-hydroxylation sites is 1. The van der Waals surface area contributed by atoms with Gasteiger partial charge in [-0.2, -0.15) is 13.2 Å². The van der Waals surface area contributed by atoms with Crippen LogP contribution < -0.4 is 5.32 Å². The van der Waals surface area contributed by atoms with E-state index in [4.69, 9.17) is 4.42 Å². The number of aryl methyl sites for hydroxylation is 1. The van der Waals surface area contributed by atoms with Gasteiger partial charge in [-0.05, 0) is 24.3 Å². The Bertz CT molecular complexity index is 937. The van der Waals surface area contributed by atoms with E-state index in [0.717, 1.165) is 16.1 Å². The van der Waals surface area contributed by atoms with Crippen LogP contribution in [0.4, 0.5) is 18.9 Å². The Morgan fingerprint density at radius 2 is 1.81 bits per heavy atom. The number of carbonyl (C=O) groups excluding carboxylic acids is 1. The van der Waals surface area contributed by atoms with Gasteiger partial charge in [-0.1, -0.05) is 40.2 Å². The predicted octanol–water partition coefficient (Wildman–Crippen LogP) is 5.69. The summed E-state index contributed by atoms with van der Waals surface area (Å²) in [5, 5.41) is 2.30. The first-order chi connectivity index (χ1) is 12.8. The van der Waals surface area contributed by atoms with Crippen LogP contribution in [0.5, 0.6) is 0 Å². The normalized spacial score (nSPS) is 11.4. The van der Waals surface area contributed by atoms with E-state index in [9.17, 15) is 18.0 Å². The van der Waals surface area contributed by atoms with Crippen molar-refractivity contribution >= 4 is 27.5 Å². The maximum Gasteiger partial charge on any atom is 0.418 e. The largest absolute Gasteiger partial charge is 0.441 e. The number of halogens is 4. The van der Waals surface area contributed by atoms with Gasteiger partial charge in [0.25, 0.3) is 0 Å². The second kappa shape index (κ2) is 7.96. The van der Waals surface area contributed by atoms with Crippen molar-refractivity contribution < 1.29 is 22.4 Å². The summed E-state index contributed by atoms with van der Waals surface area (Å²) in [6, 6.07) is 12.3. The number of hydrogen-bond donors (Lipinski definition) is 1. The summed E-state index contributed by atoms with van der Waals surface area (Å²) in [5.74, 6) is 0.350. The number of carbonyl (C=O) groups is 1. The van der Waals surface area contributed by atoms with Crippen LogP contribution in [0.1, 0.15) is 17.9 Å². The number of amides is 1.